The van der Waals surface area contributed by atoms with Crippen molar-refractivity contribution >= 4 is 11.6 Å². The molecular formula is C11H11N3O3. The van der Waals surface area contributed by atoms with Crippen LogP contribution < -0.4 is 0 Å². The second kappa shape index (κ2) is 5.07. The number of hydrogen-bond acceptors (Lipinski definition) is 4. The van der Waals surface area contributed by atoms with Crippen LogP contribution in [0.2, 0.25) is 0 Å². The quantitative estimate of drug-likeness (QED) is 0.449. The number of benzene rings is 1. The van der Waals surface area contributed by atoms with Gasteiger partial charge in [0.1, 0.15) is 6.54 Å². The van der Waals surface area contributed by atoms with Crippen LogP contribution in [0.3, 0.4) is 0 Å². The number of nitriles is 1. The lowest BCUT2D eigenvalue weighted by Crippen LogP contribution is -2.26. The molecule has 0 radical (unpaired) electrons. The first-order valence-corrected chi connectivity index (χ1v) is 4.85. The summed E-state index contributed by atoms with van der Waals surface area (Å²) in [6, 6.07) is 6.00. The predicted octanol–water partition coefficient (Wildman–Crippen LogP) is 1.50. The molecule has 0 spiro atoms. The van der Waals surface area contributed by atoms with Gasteiger partial charge in [-0.05, 0) is 19.1 Å². The van der Waals surface area contributed by atoms with Gasteiger partial charge < -0.3 is 4.90 Å². The molecule has 0 bridgehead atoms. The molecule has 0 atom stereocenters. The first-order valence-electron chi connectivity index (χ1n) is 4.85. The van der Waals surface area contributed by atoms with E-state index in [4.69, 9.17) is 5.26 Å². The van der Waals surface area contributed by atoms with Crippen LogP contribution in [-0.4, -0.2) is 29.3 Å². The lowest BCUT2D eigenvalue weighted by atomic mass is 10.1. The summed E-state index contributed by atoms with van der Waals surface area (Å²) in [7, 11) is 1.50. The van der Waals surface area contributed by atoms with Crippen LogP contribution in [0.25, 0.3) is 0 Å². The van der Waals surface area contributed by atoms with E-state index in [2.05, 4.69) is 0 Å². The van der Waals surface area contributed by atoms with Gasteiger partial charge in [-0.1, -0.05) is 0 Å². The van der Waals surface area contributed by atoms with E-state index in [1.165, 1.54) is 30.1 Å². The Morgan fingerprint density at radius 1 is 1.59 bits per heavy atom. The fourth-order valence-corrected chi connectivity index (χ4v) is 1.39. The van der Waals surface area contributed by atoms with Gasteiger partial charge in [-0.2, -0.15) is 5.26 Å². The summed E-state index contributed by atoms with van der Waals surface area (Å²) in [5, 5.41) is 19.1. The molecule has 1 aromatic rings. The summed E-state index contributed by atoms with van der Waals surface area (Å²) in [6.45, 7) is 1.55. The molecule has 1 amide bonds. The van der Waals surface area contributed by atoms with Gasteiger partial charge in [0.25, 0.3) is 11.6 Å². The van der Waals surface area contributed by atoms with Crippen molar-refractivity contribution in [1.29, 1.82) is 5.26 Å². The number of aryl methyl sites for hydroxylation is 1. The zero-order chi connectivity index (χ0) is 13.0. The Morgan fingerprint density at radius 2 is 2.24 bits per heavy atom. The SMILES string of the molecule is Cc1cc(C(=O)N(C)CC#N)ccc1[N+](=O)[O-]. The van der Waals surface area contributed by atoms with Crippen molar-refractivity contribution in [2.24, 2.45) is 0 Å². The van der Waals surface area contributed by atoms with E-state index >= 15 is 0 Å². The molecule has 0 saturated carbocycles. The Kier molecular flexibility index (Phi) is 3.78. The van der Waals surface area contributed by atoms with Crippen LogP contribution in [-0.2, 0) is 0 Å². The van der Waals surface area contributed by atoms with E-state index in [-0.39, 0.29) is 18.1 Å². The predicted molar refractivity (Wildman–Crippen MR) is 60.4 cm³/mol. The molecular weight excluding hydrogens is 222 g/mol. The standard InChI is InChI=1S/C11H11N3O3/c1-8-7-9(3-4-10(8)14(16)17)11(15)13(2)6-5-12/h3-4,7H,6H2,1-2H3. The van der Waals surface area contributed by atoms with Crippen LogP contribution in [0.4, 0.5) is 5.69 Å². The van der Waals surface area contributed by atoms with E-state index in [1.807, 2.05) is 6.07 Å². The Balaban J connectivity index is 3.02. The maximum absolute atomic E-state index is 11.8. The fraction of sp³-hybridized carbons (Fsp3) is 0.273. The molecule has 88 valence electrons. The number of carbonyl (C=O) groups excluding carboxylic acids is 1. The van der Waals surface area contributed by atoms with Gasteiger partial charge in [-0.25, -0.2) is 0 Å². The van der Waals surface area contributed by atoms with Crippen molar-refractivity contribution in [3.8, 4) is 6.07 Å². The average molecular weight is 233 g/mol. The molecule has 0 aliphatic rings. The van der Waals surface area contributed by atoms with Crippen molar-refractivity contribution in [2.45, 2.75) is 6.92 Å². The minimum absolute atomic E-state index is 0.0190. The van der Waals surface area contributed by atoms with Gasteiger partial charge in [0.15, 0.2) is 0 Å². The van der Waals surface area contributed by atoms with Gasteiger partial charge in [0, 0.05) is 24.2 Å². The number of rotatable bonds is 3. The molecule has 0 aliphatic carbocycles. The largest absolute Gasteiger partial charge is 0.328 e. The highest BCUT2D eigenvalue weighted by molar-refractivity contribution is 5.94. The fourth-order valence-electron chi connectivity index (χ4n) is 1.39. The lowest BCUT2D eigenvalue weighted by molar-refractivity contribution is -0.385. The molecule has 6 heteroatoms. The second-order valence-corrected chi connectivity index (χ2v) is 3.58. The third-order valence-corrected chi connectivity index (χ3v) is 2.30. The number of nitro benzene ring substituents is 1. The van der Waals surface area contributed by atoms with Gasteiger partial charge in [0.05, 0.1) is 11.0 Å². The molecule has 0 saturated heterocycles. The third kappa shape index (κ3) is 2.78. The van der Waals surface area contributed by atoms with Crippen molar-refractivity contribution in [2.75, 3.05) is 13.6 Å². The van der Waals surface area contributed by atoms with Crippen LogP contribution in [0.15, 0.2) is 18.2 Å². The van der Waals surface area contributed by atoms with Crippen LogP contribution in [0, 0.1) is 28.4 Å². The van der Waals surface area contributed by atoms with Gasteiger partial charge in [-0.3, -0.25) is 14.9 Å². The molecule has 6 nitrogen and oxygen atoms in total. The van der Waals surface area contributed by atoms with Crippen LogP contribution in [0.1, 0.15) is 15.9 Å². The Labute approximate surface area is 98.2 Å². The summed E-state index contributed by atoms with van der Waals surface area (Å²) in [5.41, 5.74) is 0.738. The topological polar surface area (TPSA) is 87.2 Å². The van der Waals surface area contributed by atoms with Crippen molar-refractivity contribution in [3.05, 3.63) is 39.4 Å². The maximum Gasteiger partial charge on any atom is 0.272 e. The molecule has 1 aromatic carbocycles. The molecule has 0 N–H and O–H groups in total. The van der Waals surface area contributed by atoms with Crippen molar-refractivity contribution < 1.29 is 9.72 Å². The highest BCUT2D eigenvalue weighted by Gasteiger charge is 2.16. The average Bonchev–Trinajstić information content (AvgIpc) is 2.27. The van der Waals surface area contributed by atoms with E-state index in [1.54, 1.807) is 6.92 Å². The van der Waals surface area contributed by atoms with Gasteiger partial charge in [0.2, 0.25) is 0 Å². The van der Waals surface area contributed by atoms with Gasteiger partial charge in [-0.15, -0.1) is 0 Å². The monoisotopic (exact) mass is 233 g/mol. The Morgan fingerprint density at radius 3 is 2.71 bits per heavy atom. The number of carbonyl (C=O) groups is 1. The van der Waals surface area contributed by atoms with E-state index in [0.717, 1.165) is 0 Å². The third-order valence-electron chi connectivity index (χ3n) is 2.30. The Hall–Kier alpha value is -2.42. The first-order chi connectivity index (χ1) is 7.97. The zero-order valence-corrected chi connectivity index (χ0v) is 9.51. The smallest absolute Gasteiger partial charge is 0.272 e. The number of nitro groups is 1. The summed E-state index contributed by atoms with van der Waals surface area (Å²) in [5.74, 6) is -0.329. The minimum atomic E-state index is -0.497. The molecule has 0 aliphatic heterocycles. The highest BCUT2D eigenvalue weighted by atomic mass is 16.6. The molecule has 0 heterocycles. The minimum Gasteiger partial charge on any atom is -0.328 e. The second-order valence-electron chi connectivity index (χ2n) is 3.58. The molecule has 17 heavy (non-hydrogen) atoms. The van der Waals surface area contributed by atoms with Crippen LogP contribution in [0.5, 0.6) is 0 Å². The summed E-state index contributed by atoms with van der Waals surface area (Å²) in [4.78, 5) is 23.1. The molecule has 0 unspecified atom stereocenters. The lowest BCUT2D eigenvalue weighted by Gasteiger charge is -2.13. The van der Waals surface area contributed by atoms with Crippen molar-refractivity contribution in [1.82, 2.24) is 4.90 Å². The van der Waals surface area contributed by atoms with Crippen molar-refractivity contribution in [3.63, 3.8) is 0 Å². The summed E-state index contributed by atoms with van der Waals surface area (Å²) >= 11 is 0. The normalized spacial score (nSPS) is 9.47. The number of amides is 1. The highest BCUT2D eigenvalue weighted by Crippen LogP contribution is 2.19. The molecule has 0 fully saturated rings. The first kappa shape index (κ1) is 12.6. The summed E-state index contributed by atoms with van der Waals surface area (Å²) < 4.78 is 0. The van der Waals surface area contributed by atoms with Gasteiger partial charge >= 0.3 is 0 Å². The van der Waals surface area contributed by atoms with E-state index in [0.29, 0.717) is 11.1 Å². The number of nitrogens with zero attached hydrogens (tertiary/aromatic N) is 3. The van der Waals surface area contributed by atoms with E-state index in [9.17, 15) is 14.9 Å². The molecule has 0 aromatic heterocycles. The Bertz CT molecular complexity index is 505. The summed E-state index contributed by atoms with van der Waals surface area (Å²) in [6.07, 6.45) is 0. The molecule has 1 rings (SSSR count). The number of hydrogen-bond donors (Lipinski definition) is 0. The maximum atomic E-state index is 11.8. The zero-order valence-electron chi connectivity index (χ0n) is 9.51. The van der Waals surface area contributed by atoms with E-state index < -0.39 is 4.92 Å². The van der Waals surface area contributed by atoms with Crippen LogP contribution >= 0.6 is 0 Å².